The molecule has 0 amide bonds. The van der Waals surface area contributed by atoms with E-state index in [9.17, 15) is 9.18 Å². The van der Waals surface area contributed by atoms with Crippen molar-refractivity contribution < 1.29 is 14.0 Å². The van der Waals surface area contributed by atoms with Gasteiger partial charge in [0.15, 0.2) is 0 Å². The van der Waals surface area contributed by atoms with Crippen molar-refractivity contribution in [2.24, 2.45) is 10.6 Å². The first kappa shape index (κ1) is 19.1. The fraction of sp³-hybridized carbons (Fsp3) is 0.261. The van der Waals surface area contributed by atoms with E-state index in [0.29, 0.717) is 12.1 Å². The summed E-state index contributed by atoms with van der Waals surface area (Å²) < 4.78 is 15.0. The van der Waals surface area contributed by atoms with Crippen LogP contribution in [-0.4, -0.2) is 21.5 Å². The molecule has 3 aromatic rings. The van der Waals surface area contributed by atoms with Crippen LogP contribution in [0.3, 0.4) is 0 Å². The zero-order valence-corrected chi connectivity index (χ0v) is 16.6. The van der Waals surface area contributed by atoms with Crippen LogP contribution < -0.4 is 0 Å². The molecule has 2 aromatic carbocycles. The maximum absolute atomic E-state index is 13.1. The number of carbonyl (C=O) groups excluding carboxylic acids is 1. The molecular formula is C23H22FN3O2. The molecule has 0 fully saturated rings. The highest BCUT2D eigenvalue weighted by Gasteiger charge is 2.35. The van der Waals surface area contributed by atoms with Gasteiger partial charge in [-0.3, -0.25) is 0 Å². The number of halogens is 1. The van der Waals surface area contributed by atoms with Crippen LogP contribution in [0, 0.1) is 18.2 Å². The van der Waals surface area contributed by atoms with Crippen LogP contribution in [0.5, 0.6) is 0 Å². The van der Waals surface area contributed by atoms with Gasteiger partial charge in [0.25, 0.3) is 0 Å². The van der Waals surface area contributed by atoms with Crippen LogP contribution in [0.25, 0.3) is 5.69 Å². The molecule has 4 rings (SSSR count). The molecule has 6 heteroatoms. The zero-order valence-electron chi connectivity index (χ0n) is 16.6. The Labute approximate surface area is 168 Å². The van der Waals surface area contributed by atoms with E-state index in [1.807, 2.05) is 41.9 Å². The van der Waals surface area contributed by atoms with Gasteiger partial charge in [0, 0.05) is 5.56 Å². The van der Waals surface area contributed by atoms with Gasteiger partial charge in [0.1, 0.15) is 5.82 Å². The molecule has 1 aliphatic carbocycles. The number of oxime groups is 1. The van der Waals surface area contributed by atoms with E-state index < -0.39 is 11.8 Å². The minimum absolute atomic E-state index is 0.0624. The largest absolute Gasteiger partial charge is 0.365 e. The third kappa shape index (κ3) is 3.83. The summed E-state index contributed by atoms with van der Waals surface area (Å²) in [5.41, 5.74) is 4.71. The number of hydrogen-bond donors (Lipinski definition) is 0. The lowest BCUT2D eigenvalue weighted by atomic mass is 9.75. The van der Waals surface area contributed by atoms with Crippen LogP contribution in [0.4, 0.5) is 4.39 Å². The number of para-hydroxylation sites is 1. The number of rotatable bonds is 3. The van der Waals surface area contributed by atoms with Gasteiger partial charge in [0.05, 0.1) is 28.4 Å². The first-order valence-electron chi connectivity index (χ1n) is 9.52. The lowest BCUT2D eigenvalue weighted by Gasteiger charge is -2.30. The molecule has 5 nitrogen and oxygen atoms in total. The third-order valence-corrected chi connectivity index (χ3v) is 5.06. The predicted molar refractivity (Wildman–Crippen MR) is 109 cm³/mol. The highest BCUT2D eigenvalue weighted by Crippen LogP contribution is 2.37. The molecule has 0 bridgehead atoms. The molecule has 0 saturated heterocycles. The number of fused-ring (bicyclic) bond motifs is 1. The van der Waals surface area contributed by atoms with Crippen molar-refractivity contribution in [1.29, 1.82) is 0 Å². The zero-order chi connectivity index (χ0) is 20.6. The Hall–Kier alpha value is -3.28. The Morgan fingerprint density at radius 2 is 1.79 bits per heavy atom. The quantitative estimate of drug-likeness (QED) is 0.474. The topological polar surface area (TPSA) is 56.5 Å². The van der Waals surface area contributed by atoms with Crippen molar-refractivity contribution in [1.82, 2.24) is 9.78 Å². The molecule has 0 spiro atoms. The summed E-state index contributed by atoms with van der Waals surface area (Å²) in [6, 6.07) is 15.2. The summed E-state index contributed by atoms with van der Waals surface area (Å²) >= 11 is 0. The summed E-state index contributed by atoms with van der Waals surface area (Å²) in [4.78, 5) is 17.5. The highest BCUT2D eigenvalue weighted by atomic mass is 19.1. The van der Waals surface area contributed by atoms with Crippen molar-refractivity contribution in [3.05, 3.63) is 82.9 Å². The second kappa shape index (κ2) is 7.28. The van der Waals surface area contributed by atoms with E-state index in [1.54, 1.807) is 0 Å². The van der Waals surface area contributed by atoms with E-state index in [2.05, 4.69) is 19.0 Å². The summed E-state index contributed by atoms with van der Waals surface area (Å²) in [7, 11) is 0. The fourth-order valence-corrected chi connectivity index (χ4v) is 3.77. The fourth-order valence-electron chi connectivity index (χ4n) is 3.77. The number of aromatic nitrogens is 2. The van der Waals surface area contributed by atoms with Crippen LogP contribution in [0.15, 0.2) is 59.8 Å². The van der Waals surface area contributed by atoms with Crippen molar-refractivity contribution in [3.63, 3.8) is 0 Å². The van der Waals surface area contributed by atoms with Crippen LogP contribution >= 0.6 is 0 Å². The van der Waals surface area contributed by atoms with Gasteiger partial charge in [-0.1, -0.05) is 37.2 Å². The van der Waals surface area contributed by atoms with Gasteiger partial charge in [-0.2, -0.15) is 5.10 Å². The van der Waals surface area contributed by atoms with Crippen molar-refractivity contribution in [2.45, 2.75) is 33.6 Å². The maximum Gasteiger partial charge on any atom is 0.365 e. The summed E-state index contributed by atoms with van der Waals surface area (Å²) in [6.07, 6.45) is 1.50. The molecule has 0 radical (unpaired) electrons. The summed E-state index contributed by atoms with van der Waals surface area (Å²) in [5.74, 6) is -1.02. The van der Waals surface area contributed by atoms with Gasteiger partial charge < -0.3 is 4.84 Å². The Balaban J connectivity index is 1.71. The smallest absolute Gasteiger partial charge is 0.313 e. The van der Waals surface area contributed by atoms with E-state index in [0.717, 1.165) is 29.1 Å². The lowest BCUT2D eigenvalue weighted by molar-refractivity contribution is 0.0513. The minimum Gasteiger partial charge on any atom is -0.313 e. The van der Waals surface area contributed by atoms with Crippen molar-refractivity contribution in [2.75, 3.05) is 0 Å². The standard InChI is InChI=1S/C23H22FN3O2/c1-15-21-19(26-29-22(28)16-9-11-17(24)12-10-16)13-23(2,3)14-20(21)27(25-15)18-7-5-4-6-8-18/h4-12H,13-14H2,1-3H3/b26-19+. The Kier molecular flexibility index (Phi) is 4.78. The number of hydrogen-bond acceptors (Lipinski definition) is 4. The van der Waals surface area contributed by atoms with Gasteiger partial charge in [-0.05, 0) is 61.6 Å². The Morgan fingerprint density at radius 3 is 2.48 bits per heavy atom. The van der Waals surface area contributed by atoms with Gasteiger partial charge in [-0.25, -0.2) is 13.9 Å². The molecule has 1 heterocycles. The van der Waals surface area contributed by atoms with Crippen molar-refractivity contribution in [3.8, 4) is 5.69 Å². The lowest BCUT2D eigenvalue weighted by Crippen LogP contribution is -2.29. The second-order valence-corrected chi connectivity index (χ2v) is 8.10. The van der Waals surface area contributed by atoms with Gasteiger partial charge in [-0.15, -0.1) is 0 Å². The highest BCUT2D eigenvalue weighted by molar-refractivity contribution is 6.04. The second-order valence-electron chi connectivity index (χ2n) is 8.10. The average Bonchev–Trinajstić information content (AvgIpc) is 3.02. The summed E-state index contributed by atoms with van der Waals surface area (Å²) in [5, 5.41) is 8.93. The van der Waals surface area contributed by atoms with Crippen molar-refractivity contribution >= 4 is 11.7 Å². The van der Waals surface area contributed by atoms with Gasteiger partial charge >= 0.3 is 5.97 Å². The van der Waals surface area contributed by atoms with E-state index >= 15 is 0 Å². The number of aryl methyl sites for hydroxylation is 1. The normalized spacial score (nSPS) is 16.5. The van der Waals surface area contributed by atoms with E-state index in [4.69, 9.17) is 9.94 Å². The van der Waals surface area contributed by atoms with Crippen LogP contribution in [0.2, 0.25) is 0 Å². The molecular weight excluding hydrogens is 369 g/mol. The average molecular weight is 391 g/mol. The molecule has 0 unspecified atom stereocenters. The monoisotopic (exact) mass is 391 g/mol. The third-order valence-electron chi connectivity index (χ3n) is 5.06. The Bertz CT molecular complexity index is 1080. The molecule has 0 aliphatic heterocycles. The molecule has 29 heavy (non-hydrogen) atoms. The first-order valence-corrected chi connectivity index (χ1v) is 9.52. The Morgan fingerprint density at radius 1 is 1.10 bits per heavy atom. The summed E-state index contributed by atoms with van der Waals surface area (Å²) in [6.45, 7) is 6.25. The predicted octanol–water partition coefficient (Wildman–Crippen LogP) is 4.85. The minimum atomic E-state index is -0.615. The number of carbonyl (C=O) groups is 1. The number of nitrogens with zero attached hydrogens (tertiary/aromatic N) is 3. The van der Waals surface area contributed by atoms with Gasteiger partial charge in [0.2, 0.25) is 0 Å². The van der Waals surface area contributed by atoms with E-state index in [-0.39, 0.29) is 11.0 Å². The van der Waals surface area contributed by atoms with Crippen LogP contribution in [-0.2, 0) is 11.3 Å². The molecule has 148 valence electrons. The maximum atomic E-state index is 13.1. The SMILES string of the molecule is Cc1nn(-c2ccccc2)c2c1/C(=N/OC(=O)c1ccc(F)cc1)CC(C)(C)C2. The number of benzene rings is 2. The van der Waals surface area contributed by atoms with Crippen LogP contribution in [0.1, 0.15) is 47.6 Å². The molecule has 1 aliphatic rings. The molecule has 0 N–H and O–H groups in total. The first-order chi connectivity index (χ1) is 13.8. The molecule has 1 aromatic heterocycles. The molecule has 0 saturated carbocycles. The van der Waals surface area contributed by atoms with E-state index in [1.165, 1.54) is 24.3 Å². The molecule has 0 atom stereocenters.